The third-order valence-corrected chi connectivity index (χ3v) is 4.79. The minimum atomic E-state index is -0.596. The summed E-state index contributed by atoms with van der Waals surface area (Å²) in [5.41, 5.74) is 0. The Hall–Kier alpha value is -1.43. The Morgan fingerprint density at radius 1 is 1.15 bits per heavy atom. The minimum Gasteiger partial charge on any atom is -0.460 e. The van der Waals surface area contributed by atoms with Crippen LogP contribution in [-0.2, 0) is 19.1 Å². The smallest absolute Gasteiger partial charge is 0.310 e. The molecule has 0 aromatic carbocycles. The zero-order chi connectivity index (χ0) is 14.3. The monoisotopic (exact) mass is 280 g/mol. The molecule has 4 fully saturated rings. The number of hydrogen-bond acceptors (Lipinski definition) is 5. The fraction of sp³-hybridized carbons (Fsp3) is 0.786. The Bertz CT molecular complexity index is 424. The van der Waals surface area contributed by atoms with Gasteiger partial charge in [-0.3, -0.25) is 24.2 Å². The number of imide groups is 1. The molecule has 4 aliphatic heterocycles. The molecule has 0 unspecified atom stereocenters. The van der Waals surface area contributed by atoms with Crippen molar-refractivity contribution in [2.24, 2.45) is 11.8 Å². The largest absolute Gasteiger partial charge is 0.460 e. The Morgan fingerprint density at radius 3 is 2.25 bits per heavy atom. The SMILES string of the molecule is CN1C(=O)CC(C(=O)O[C@@H]2CN3CCC2CC3)CC1=O. The number of hydrogen-bond donors (Lipinski definition) is 0. The molecule has 4 aliphatic rings. The number of nitrogens with zero attached hydrogens (tertiary/aromatic N) is 2. The van der Waals surface area contributed by atoms with Gasteiger partial charge < -0.3 is 4.74 Å². The summed E-state index contributed by atoms with van der Waals surface area (Å²) in [6.45, 7) is 2.97. The number of rotatable bonds is 2. The van der Waals surface area contributed by atoms with Crippen LogP contribution in [0.15, 0.2) is 0 Å². The molecule has 4 heterocycles. The van der Waals surface area contributed by atoms with E-state index < -0.39 is 5.92 Å². The van der Waals surface area contributed by atoms with E-state index in [0.29, 0.717) is 5.92 Å². The molecule has 0 aliphatic carbocycles. The summed E-state index contributed by atoms with van der Waals surface area (Å²) in [6, 6.07) is 0. The van der Waals surface area contributed by atoms with Gasteiger partial charge in [-0.1, -0.05) is 0 Å². The lowest BCUT2D eigenvalue weighted by Gasteiger charge is -2.44. The molecular weight excluding hydrogens is 260 g/mol. The highest BCUT2D eigenvalue weighted by Gasteiger charge is 2.40. The van der Waals surface area contributed by atoms with Gasteiger partial charge >= 0.3 is 5.97 Å². The van der Waals surface area contributed by atoms with Crippen LogP contribution >= 0.6 is 0 Å². The van der Waals surface area contributed by atoms with Gasteiger partial charge in [-0.15, -0.1) is 0 Å². The summed E-state index contributed by atoms with van der Waals surface area (Å²) >= 11 is 0. The highest BCUT2D eigenvalue weighted by atomic mass is 16.5. The number of amides is 2. The molecule has 0 aromatic heterocycles. The second kappa shape index (κ2) is 5.16. The number of carbonyl (C=O) groups is 3. The van der Waals surface area contributed by atoms with Crippen LogP contribution in [0, 0.1) is 11.8 Å². The van der Waals surface area contributed by atoms with Crippen molar-refractivity contribution in [1.82, 2.24) is 9.80 Å². The van der Waals surface area contributed by atoms with Crippen LogP contribution in [0.25, 0.3) is 0 Å². The van der Waals surface area contributed by atoms with Crippen molar-refractivity contribution in [1.29, 1.82) is 0 Å². The van der Waals surface area contributed by atoms with Crippen LogP contribution in [0.3, 0.4) is 0 Å². The predicted octanol–water partition coefficient (Wildman–Crippen LogP) is 0.0188. The number of esters is 1. The van der Waals surface area contributed by atoms with Gasteiger partial charge in [0, 0.05) is 26.4 Å². The summed E-state index contributed by atoms with van der Waals surface area (Å²) in [4.78, 5) is 38.8. The van der Waals surface area contributed by atoms with Gasteiger partial charge in [0.1, 0.15) is 6.10 Å². The fourth-order valence-electron chi connectivity index (χ4n) is 3.36. The van der Waals surface area contributed by atoms with E-state index in [1.54, 1.807) is 0 Å². The Morgan fingerprint density at radius 2 is 1.75 bits per heavy atom. The zero-order valence-corrected chi connectivity index (χ0v) is 11.7. The quantitative estimate of drug-likeness (QED) is 0.527. The second-order valence-corrected chi connectivity index (χ2v) is 6.07. The molecule has 20 heavy (non-hydrogen) atoms. The van der Waals surface area contributed by atoms with E-state index in [9.17, 15) is 14.4 Å². The highest BCUT2D eigenvalue weighted by Crippen LogP contribution is 2.31. The van der Waals surface area contributed by atoms with Gasteiger partial charge in [0.25, 0.3) is 0 Å². The summed E-state index contributed by atoms with van der Waals surface area (Å²) in [5, 5.41) is 0. The van der Waals surface area contributed by atoms with Crippen molar-refractivity contribution < 1.29 is 19.1 Å². The number of carbonyl (C=O) groups excluding carboxylic acids is 3. The minimum absolute atomic E-state index is 0.0603. The first kappa shape index (κ1) is 13.5. The third-order valence-electron chi connectivity index (χ3n) is 4.79. The predicted molar refractivity (Wildman–Crippen MR) is 69.5 cm³/mol. The van der Waals surface area contributed by atoms with E-state index in [0.717, 1.165) is 37.4 Å². The topological polar surface area (TPSA) is 66.9 Å². The van der Waals surface area contributed by atoms with Crippen molar-refractivity contribution in [3.8, 4) is 0 Å². The van der Waals surface area contributed by atoms with Crippen molar-refractivity contribution >= 4 is 17.8 Å². The van der Waals surface area contributed by atoms with E-state index in [4.69, 9.17) is 4.74 Å². The van der Waals surface area contributed by atoms with Crippen molar-refractivity contribution in [3.63, 3.8) is 0 Å². The first-order chi connectivity index (χ1) is 9.54. The van der Waals surface area contributed by atoms with Crippen LogP contribution in [0.1, 0.15) is 25.7 Å². The molecule has 0 aromatic rings. The zero-order valence-electron chi connectivity index (χ0n) is 11.7. The summed E-state index contributed by atoms with van der Waals surface area (Å²) in [7, 11) is 1.46. The van der Waals surface area contributed by atoms with Crippen LogP contribution in [0.2, 0.25) is 0 Å². The number of ether oxygens (including phenoxy) is 1. The van der Waals surface area contributed by atoms with E-state index in [1.807, 2.05) is 0 Å². The first-order valence-corrected chi connectivity index (χ1v) is 7.27. The second-order valence-electron chi connectivity index (χ2n) is 6.07. The average molecular weight is 280 g/mol. The van der Waals surface area contributed by atoms with E-state index >= 15 is 0 Å². The molecule has 0 saturated carbocycles. The molecule has 6 nitrogen and oxygen atoms in total. The third kappa shape index (κ3) is 2.44. The summed E-state index contributed by atoms with van der Waals surface area (Å²) < 4.78 is 5.59. The van der Waals surface area contributed by atoms with Crippen molar-refractivity contribution in [3.05, 3.63) is 0 Å². The summed E-state index contributed by atoms with van der Waals surface area (Å²) in [6.07, 6.45) is 2.26. The van der Waals surface area contributed by atoms with Gasteiger partial charge in [0.05, 0.1) is 5.92 Å². The van der Waals surface area contributed by atoms with Crippen molar-refractivity contribution in [2.45, 2.75) is 31.8 Å². The maximum Gasteiger partial charge on any atom is 0.310 e. The first-order valence-electron chi connectivity index (χ1n) is 7.27. The normalized spacial score (nSPS) is 34.5. The molecular formula is C14H20N2O4. The van der Waals surface area contributed by atoms with Gasteiger partial charge in [0.2, 0.25) is 11.8 Å². The maximum atomic E-state index is 12.2. The number of fused-ring (bicyclic) bond motifs is 3. The van der Waals surface area contributed by atoms with E-state index in [2.05, 4.69) is 4.90 Å². The molecule has 0 spiro atoms. The maximum absolute atomic E-state index is 12.2. The lowest BCUT2D eigenvalue weighted by atomic mass is 9.85. The summed E-state index contributed by atoms with van der Waals surface area (Å²) in [5.74, 6) is -1.11. The lowest BCUT2D eigenvalue weighted by Crippen LogP contribution is -2.52. The molecule has 110 valence electrons. The number of likely N-dealkylation sites (tertiary alicyclic amines) is 1. The Labute approximate surface area is 118 Å². The van der Waals surface area contributed by atoms with Crippen LogP contribution in [-0.4, -0.2) is 60.4 Å². The molecule has 2 amide bonds. The standard InChI is InChI=1S/C14H20N2O4/c1-15-12(17)6-10(7-13(15)18)14(19)20-11-8-16-4-2-9(11)3-5-16/h9-11H,2-8H2,1H3/t11-/m1/s1. The highest BCUT2D eigenvalue weighted by molar-refractivity contribution is 6.01. The van der Waals surface area contributed by atoms with Crippen LogP contribution in [0.4, 0.5) is 0 Å². The molecule has 6 heteroatoms. The lowest BCUT2D eigenvalue weighted by molar-refractivity contribution is -0.170. The number of piperidine rings is 4. The van der Waals surface area contributed by atoms with Crippen LogP contribution in [0.5, 0.6) is 0 Å². The van der Waals surface area contributed by atoms with E-state index in [-0.39, 0.29) is 36.7 Å². The van der Waals surface area contributed by atoms with Crippen LogP contribution < -0.4 is 0 Å². The van der Waals surface area contributed by atoms with Crippen molar-refractivity contribution in [2.75, 3.05) is 26.7 Å². The van der Waals surface area contributed by atoms with Gasteiger partial charge in [-0.25, -0.2) is 0 Å². The molecule has 0 N–H and O–H groups in total. The Balaban J connectivity index is 1.59. The van der Waals surface area contributed by atoms with E-state index in [1.165, 1.54) is 7.05 Å². The molecule has 0 radical (unpaired) electrons. The fourth-order valence-corrected chi connectivity index (χ4v) is 3.36. The van der Waals surface area contributed by atoms with Gasteiger partial charge in [0.15, 0.2) is 0 Å². The van der Waals surface area contributed by atoms with Gasteiger partial charge in [-0.05, 0) is 31.8 Å². The molecule has 1 atom stereocenters. The molecule has 4 saturated heterocycles. The van der Waals surface area contributed by atoms with Gasteiger partial charge in [-0.2, -0.15) is 0 Å². The average Bonchev–Trinajstić information content (AvgIpc) is 2.45. The Kier molecular flexibility index (Phi) is 3.50. The molecule has 2 bridgehead atoms. The molecule has 4 rings (SSSR count).